The van der Waals surface area contributed by atoms with Crippen LogP contribution < -0.4 is 4.72 Å². The second kappa shape index (κ2) is 6.58. The molecule has 5 nitrogen and oxygen atoms in total. The van der Waals surface area contributed by atoms with E-state index in [0.29, 0.717) is 12.0 Å². The monoisotopic (exact) mass is 325 g/mol. The Balaban J connectivity index is 3.28. The maximum atomic E-state index is 11.9. The molecule has 1 aromatic heterocycles. The van der Waals surface area contributed by atoms with E-state index in [9.17, 15) is 13.2 Å². The lowest BCUT2D eigenvalue weighted by Crippen LogP contribution is -2.16. The molecule has 1 aromatic rings. The van der Waals surface area contributed by atoms with Gasteiger partial charge in [0.2, 0.25) is 10.0 Å². The predicted molar refractivity (Wildman–Crippen MR) is 77.7 cm³/mol. The van der Waals surface area contributed by atoms with Gasteiger partial charge in [0.15, 0.2) is 0 Å². The molecule has 0 radical (unpaired) electrons. The van der Waals surface area contributed by atoms with Crippen molar-refractivity contribution < 1.29 is 17.9 Å². The summed E-state index contributed by atoms with van der Waals surface area (Å²) in [6.07, 6.45) is 0.624. The summed E-state index contributed by atoms with van der Waals surface area (Å²) in [5.41, 5.74) is 1.09. The average Bonchev–Trinajstić information content (AvgIpc) is 2.64. The maximum absolute atomic E-state index is 11.9. The maximum Gasteiger partial charge on any atom is 0.341 e. The van der Waals surface area contributed by atoms with Crippen molar-refractivity contribution in [3.8, 4) is 0 Å². The van der Waals surface area contributed by atoms with Crippen LogP contribution in [0.4, 0.5) is 5.00 Å². The first kappa shape index (κ1) is 16.3. The first-order valence-corrected chi connectivity index (χ1v) is 8.72. The minimum atomic E-state index is -3.64. The Morgan fingerprint density at radius 1 is 1.42 bits per heavy atom. The van der Waals surface area contributed by atoms with E-state index >= 15 is 0 Å². The number of alkyl halides is 1. The first-order valence-electron chi connectivity index (χ1n) is 5.72. The van der Waals surface area contributed by atoms with E-state index in [4.69, 9.17) is 16.3 Å². The summed E-state index contributed by atoms with van der Waals surface area (Å²) in [5, 5.41) is -0.290. The highest BCUT2D eigenvalue weighted by Gasteiger charge is 2.24. The van der Waals surface area contributed by atoms with Gasteiger partial charge in [0.1, 0.15) is 10.2 Å². The standard InChI is InChI=1S/C11H16ClNO4S2/c1-4-8-7(3)18-10(13-19(15,16)6-12)9(8)11(14)17-5-2/h13H,4-6H2,1-3H3. The number of halogens is 1. The van der Waals surface area contributed by atoms with E-state index in [0.717, 1.165) is 10.4 Å². The zero-order valence-electron chi connectivity index (χ0n) is 10.9. The number of anilines is 1. The smallest absolute Gasteiger partial charge is 0.341 e. The highest BCUT2D eigenvalue weighted by molar-refractivity contribution is 7.94. The fourth-order valence-corrected chi connectivity index (χ4v) is 3.80. The first-order chi connectivity index (χ1) is 8.86. The molecule has 108 valence electrons. The Labute approximate surface area is 122 Å². The quantitative estimate of drug-likeness (QED) is 0.644. The Morgan fingerprint density at radius 2 is 2.05 bits per heavy atom. The van der Waals surface area contributed by atoms with Gasteiger partial charge in [-0.25, -0.2) is 13.2 Å². The number of hydrogen-bond donors (Lipinski definition) is 1. The lowest BCUT2D eigenvalue weighted by molar-refractivity contribution is 0.0527. The molecule has 0 aliphatic carbocycles. The normalized spacial score (nSPS) is 11.4. The van der Waals surface area contributed by atoms with Crippen LogP contribution in [-0.2, 0) is 21.2 Å². The van der Waals surface area contributed by atoms with Gasteiger partial charge >= 0.3 is 5.97 Å². The van der Waals surface area contributed by atoms with Crippen molar-refractivity contribution in [2.75, 3.05) is 16.5 Å². The zero-order chi connectivity index (χ0) is 14.6. The topological polar surface area (TPSA) is 72.5 Å². The summed E-state index contributed by atoms with van der Waals surface area (Å²) < 4.78 is 30.3. The zero-order valence-corrected chi connectivity index (χ0v) is 13.3. The van der Waals surface area contributed by atoms with Crippen LogP contribution in [0.3, 0.4) is 0 Å². The molecular formula is C11H16ClNO4S2. The largest absolute Gasteiger partial charge is 0.462 e. The van der Waals surface area contributed by atoms with Gasteiger partial charge in [0, 0.05) is 4.88 Å². The van der Waals surface area contributed by atoms with Crippen molar-refractivity contribution >= 4 is 43.9 Å². The summed E-state index contributed by atoms with van der Waals surface area (Å²) in [6.45, 7) is 5.67. The fraction of sp³-hybridized carbons (Fsp3) is 0.545. The fourth-order valence-electron chi connectivity index (χ4n) is 1.66. The van der Waals surface area contributed by atoms with Gasteiger partial charge in [-0.3, -0.25) is 4.72 Å². The van der Waals surface area contributed by atoms with Gasteiger partial charge in [0.05, 0.1) is 12.2 Å². The molecule has 0 saturated heterocycles. The second-order valence-corrected chi connectivity index (χ2v) is 7.27. The van der Waals surface area contributed by atoms with Crippen LogP contribution in [0.2, 0.25) is 0 Å². The molecule has 8 heteroatoms. The molecule has 1 rings (SSSR count). The highest BCUT2D eigenvalue weighted by Crippen LogP contribution is 2.34. The van der Waals surface area contributed by atoms with Gasteiger partial charge in [-0.05, 0) is 25.8 Å². The third-order valence-corrected chi connectivity index (χ3v) is 5.29. The SMILES string of the molecule is CCOC(=O)c1c(NS(=O)(=O)CCl)sc(C)c1CC. The Morgan fingerprint density at radius 3 is 2.53 bits per heavy atom. The molecule has 19 heavy (non-hydrogen) atoms. The molecule has 0 atom stereocenters. The number of ether oxygens (including phenoxy) is 1. The van der Waals surface area contributed by atoms with Crippen LogP contribution in [-0.4, -0.2) is 26.2 Å². The van der Waals surface area contributed by atoms with Crippen LogP contribution in [0.15, 0.2) is 0 Å². The number of esters is 1. The molecule has 0 aliphatic rings. The van der Waals surface area contributed by atoms with Crippen molar-refractivity contribution in [3.05, 3.63) is 16.0 Å². The van der Waals surface area contributed by atoms with E-state index in [2.05, 4.69) is 4.72 Å². The van der Waals surface area contributed by atoms with Crippen molar-refractivity contribution in [3.63, 3.8) is 0 Å². The van der Waals surface area contributed by atoms with Gasteiger partial charge in [-0.1, -0.05) is 6.92 Å². The van der Waals surface area contributed by atoms with Gasteiger partial charge in [-0.15, -0.1) is 22.9 Å². The number of nitrogens with one attached hydrogen (secondary N) is 1. The minimum absolute atomic E-state index is 0.235. The number of carbonyl (C=O) groups excluding carboxylic acids is 1. The van der Waals surface area contributed by atoms with E-state index in [-0.39, 0.29) is 11.6 Å². The molecule has 1 N–H and O–H groups in total. The minimum Gasteiger partial charge on any atom is -0.462 e. The molecule has 0 bridgehead atoms. The molecule has 1 heterocycles. The molecule has 0 saturated carbocycles. The molecule has 0 aliphatic heterocycles. The lowest BCUT2D eigenvalue weighted by atomic mass is 10.1. The van der Waals surface area contributed by atoms with E-state index < -0.39 is 21.2 Å². The molecule has 0 spiro atoms. The Hall–Kier alpha value is -0.790. The van der Waals surface area contributed by atoms with Gasteiger partial charge < -0.3 is 4.74 Å². The highest BCUT2D eigenvalue weighted by atomic mass is 35.5. The summed E-state index contributed by atoms with van der Waals surface area (Å²) >= 11 is 6.57. The Kier molecular flexibility index (Phi) is 5.64. The molecule has 0 unspecified atom stereocenters. The van der Waals surface area contributed by atoms with Crippen molar-refractivity contribution in [2.24, 2.45) is 0 Å². The summed E-state index contributed by atoms with van der Waals surface area (Å²) in [7, 11) is -3.64. The van der Waals surface area contributed by atoms with Crippen molar-refractivity contribution in [1.29, 1.82) is 0 Å². The number of carbonyl (C=O) groups is 1. The van der Waals surface area contributed by atoms with Crippen molar-refractivity contribution in [1.82, 2.24) is 0 Å². The van der Waals surface area contributed by atoms with Crippen LogP contribution >= 0.6 is 22.9 Å². The van der Waals surface area contributed by atoms with Crippen molar-refractivity contribution in [2.45, 2.75) is 27.2 Å². The van der Waals surface area contributed by atoms with Gasteiger partial charge in [-0.2, -0.15) is 0 Å². The number of thiophene rings is 1. The van der Waals surface area contributed by atoms with Crippen LogP contribution in [0.25, 0.3) is 0 Å². The Bertz CT molecular complexity index is 565. The predicted octanol–water partition coefficient (Wildman–Crippen LogP) is 2.73. The van der Waals surface area contributed by atoms with E-state index in [1.54, 1.807) is 6.92 Å². The average molecular weight is 326 g/mol. The summed E-state index contributed by atoms with van der Waals surface area (Å²) in [5.74, 6) is -0.518. The van der Waals surface area contributed by atoms with Crippen LogP contribution in [0, 0.1) is 6.92 Å². The van der Waals surface area contributed by atoms with E-state index in [1.807, 2.05) is 13.8 Å². The molecule has 0 aromatic carbocycles. The molecular weight excluding hydrogens is 310 g/mol. The molecule has 0 fully saturated rings. The lowest BCUT2D eigenvalue weighted by Gasteiger charge is -2.07. The third kappa shape index (κ3) is 3.84. The van der Waals surface area contributed by atoms with Gasteiger partial charge in [0.25, 0.3) is 0 Å². The summed E-state index contributed by atoms with van der Waals surface area (Å²) in [4.78, 5) is 12.8. The number of aryl methyl sites for hydroxylation is 1. The number of sulfonamides is 1. The summed E-state index contributed by atoms with van der Waals surface area (Å²) in [6, 6.07) is 0. The molecule has 0 amide bonds. The van der Waals surface area contributed by atoms with Crippen LogP contribution in [0.1, 0.15) is 34.6 Å². The van der Waals surface area contributed by atoms with E-state index in [1.165, 1.54) is 11.3 Å². The number of hydrogen-bond acceptors (Lipinski definition) is 5. The number of rotatable bonds is 6. The third-order valence-electron chi connectivity index (χ3n) is 2.43. The second-order valence-electron chi connectivity index (χ2n) is 3.74. The van der Waals surface area contributed by atoms with Crippen LogP contribution in [0.5, 0.6) is 0 Å².